The van der Waals surface area contributed by atoms with Gasteiger partial charge in [-0.1, -0.05) is 6.07 Å². The van der Waals surface area contributed by atoms with Crippen LogP contribution in [0.5, 0.6) is 0 Å². The Morgan fingerprint density at radius 3 is 2.83 bits per heavy atom. The minimum atomic E-state index is -0.295. The van der Waals surface area contributed by atoms with Crippen LogP contribution in [0.3, 0.4) is 0 Å². The van der Waals surface area contributed by atoms with Crippen molar-refractivity contribution >= 4 is 17.2 Å². The number of aromatic amines is 1. The Balaban J connectivity index is 1.49. The number of aryl methyl sites for hydroxylation is 1. The summed E-state index contributed by atoms with van der Waals surface area (Å²) in [6.45, 7) is 2.34. The second kappa shape index (κ2) is 8.32. The molecule has 0 unspecified atom stereocenters. The smallest absolute Gasteiger partial charge is 0.226 e. The molecule has 2 N–H and O–H groups in total. The van der Waals surface area contributed by atoms with Crippen molar-refractivity contribution < 1.29 is 9.18 Å². The number of pyridine rings is 1. The van der Waals surface area contributed by atoms with Crippen LogP contribution in [0.15, 0.2) is 54.2 Å². The first-order valence-electron chi connectivity index (χ1n) is 9.01. The largest absolute Gasteiger partial charge is 0.352 e. The normalized spacial score (nSPS) is 10.8. The lowest BCUT2D eigenvalue weighted by atomic mass is 10.1. The van der Waals surface area contributed by atoms with Gasteiger partial charge in [-0.05, 0) is 42.8 Å². The van der Waals surface area contributed by atoms with E-state index in [1.165, 1.54) is 23.5 Å². The summed E-state index contributed by atoms with van der Waals surface area (Å²) < 4.78 is 13.2. The molecule has 3 aromatic heterocycles. The van der Waals surface area contributed by atoms with Crippen molar-refractivity contribution in [3.8, 4) is 21.8 Å². The fraction of sp³-hybridized carbons (Fsp3) is 0.143. The molecule has 29 heavy (non-hydrogen) atoms. The summed E-state index contributed by atoms with van der Waals surface area (Å²) in [6, 6.07) is 9.93. The van der Waals surface area contributed by atoms with Crippen LogP contribution in [0.1, 0.15) is 17.0 Å². The number of carbonyl (C=O) groups is 1. The molecule has 0 saturated carbocycles. The number of amides is 1. The first kappa shape index (κ1) is 18.9. The van der Waals surface area contributed by atoms with Crippen molar-refractivity contribution in [3.63, 3.8) is 0 Å². The molecule has 0 aliphatic rings. The Kier molecular flexibility index (Phi) is 5.44. The zero-order valence-corrected chi connectivity index (χ0v) is 16.5. The summed E-state index contributed by atoms with van der Waals surface area (Å²) >= 11 is 1.45. The Morgan fingerprint density at radius 2 is 2.07 bits per heavy atom. The molecule has 0 saturated heterocycles. The summed E-state index contributed by atoms with van der Waals surface area (Å²) in [5.41, 5.74) is 4.88. The van der Waals surface area contributed by atoms with Crippen LogP contribution in [-0.4, -0.2) is 26.1 Å². The number of hydrogen-bond acceptors (Lipinski definition) is 5. The Bertz CT molecular complexity index is 1120. The number of nitrogens with zero attached hydrogens (tertiary/aromatic N) is 3. The van der Waals surface area contributed by atoms with Gasteiger partial charge in [0.15, 0.2) is 0 Å². The number of hydrogen-bond donors (Lipinski definition) is 2. The number of nitrogens with one attached hydrogen (secondary N) is 2. The molecule has 146 valence electrons. The molecule has 0 aliphatic heterocycles. The van der Waals surface area contributed by atoms with Gasteiger partial charge in [0.25, 0.3) is 0 Å². The van der Waals surface area contributed by atoms with E-state index in [1.54, 1.807) is 24.5 Å². The van der Waals surface area contributed by atoms with Gasteiger partial charge in [0.05, 0.1) is 17.7 Å². The lowest BCUT2D eigenvalue weighted by Crippen LogP contribution is -2.24. The van der Waals surface area contributed by atoms with Crippen LogP contribution in [0.4, 0.5) is 4.39 Å². The molecule has 0 atom stereocenters. The zero-order valence-electron chi connectivity index (χ0n) is 15.6. The molecule has 0 aliphatic carbocycles. The lowest BCUT2D eigenvalue weighted by molar-refractivity contribution is -0.120. The second-order valence-electron chi connectivity index (χ2n) is 6.54. The average Bonchev–Trinajstić information content (AvgIpc) is 3.34. The molecule has 0 bridgehead atoms. The van der Waals surface area contributed by atoms with Crippen LogP contribution in [-0.2, 0) is 17.8 Å². The van der Waals surface area contributed by atoms with Crippen molar-refractivity contribution in [1.82, 2.24) is 25.5 Å². The van der Waals surface area contributed by atoms with E-state index in [9.17, 15) is 9.18 Å². The molecule has 4 aromatic rings. The quantitative estimate of drug-likeness (QED) is 0.508. The van der Waals surface area contributed by atoms with Gasteiger partial charge in [0, 0.05) is 35.6 Å². The van der Waals surface area contributed by atoms with E-state index < -0.39 is 0 Å². The zero-order chi connectivity index (χ0) is 20.2. The van der Waals surface area contributed by atoms with Crippen molar-refractivity contribution in [2.45, 2.75) is 19.9 Å². The predicted octanol–water partition coefficient (Wildman–Crippen LogP) is 3.90. The topological polar surface area (TPSA) is 83.6 Å². The van der Waals surface area contributed by atoms with E-state index in [4.69, 9.17) is 0 Å². The van der Waals surface area contributed by atoms with Crippen LogP contribution >= 0.6 is 11.3 Å². The standard InChI is InChI=1S/C21H18FN5OS/c1-13-19(20(27-26-13)15-4-6-16(22)7-5-15)21-25-17(12-29-21)9-18(28)24-11-14-3-2-8-23-10-14/h2-8,10,12H,9,11H2,1H3,(H,24,28)(H,26,27). The number of benzene rings is 1. The van der Waals surface area contributed by atoms with Crippen LogP contribution in [0.2, 0.25) is 0 Å². The van der Waals surface area contributed by atoms with E-state index in [1.807, 2.05) is 24.4 Å². The van der Waals surface area contributed by atoms with Gasteiger partial charge in [0.1, 0.15) is 16.5 Å². The van der Waals surface area contributed by atoms with Gasteiger partial charge >= 0.3 is 0 Å². The molecule has 3 heterocycles. The molecule has 0 spiro atoms. The lowest BCUT2D eigenvalue weighted by Gasteiger charge is -2.03. The summed E-state index contributed by atoms with van der Waals surface area (Å²) in [4.78, 5) is 20.9. The maximum atomic E-state index is 13.2. The van der Waals surface area contributed by atoms with Crippen LogP contribution in [0.25, 0.3) is 21.8 Å². The minimum absolute atomic E-state index is 0.103. The van der Waals surface area contributed by atoms with E-state index in [-0.39, 0.29) is 18.1 Å². The minimum Gasteiger partial charge on any atom is -0.352 e. The van der Waals surface area contributed by atoms with E-state index in [0.29, 0.717) is 17.9 Å². The summed E-state index contributed by atoms with van der Waals surface area (Å²) in [7, 11) is 0. The highest BCUT2D eigenvalue weighted by atomic mass is 32.1. The van der Waals surface area contributed by atoms with Crippen molar-refractivity contribution in [3.05, 3.63) is 76.9 Å². The molecule has 8 heteroatoms. The third-order valence-corrected chi connectivity index (χ3v) is 5.29. The molecule has 1 aromatic carbocycles. The Morgan fingerprint density at radius 1 is 1.24 bits per heavy atom. The van der Waals surface area contributed by atoms with Crippen LogP contribution in [0, 0.1) is 12.7 Å². The van der Waals surface area contributed by atoms with Gasteiger partial charge in [-0.3, -0.25) is 14.9 Å². The van der Waals surface area contributed by atoms with Gasteiger partial charge in [-0.15, -0.1) is 11.3 Å². The first-order valence-corrected chi connectivity index (χ1v) is 9.89. The van der Waals surface area contributed by atoms with Crippen molar-refractivity contribution in [1.29, 1.82) is 0 Å². The molecular weight excluding hydrogens is 389 g/mol. The Hall–Kier alpha value is -3.39. The third-order valence-electron chi connectivity index (χ3n) is 4.38. The molecule has 1 amide bonds. The fourth-order valence-electron chi connectivity index (χ4n) is 2.94. The maximum Gasteiger partial charge on any atom is 0.226 e. The Labute approximate surface area is 170 Å². The molecule has 6 nitrogen and oxygen atoms in total. The third kappa shape index (κ3) is 4.38. The number of H-pyrrole nitrogens is 1. The highest BCUT2D eigenvalue weighted by Crippen LogP contribution is 2.34. The second-order valence-corrected chi connectivity index (χ2v) is 7.40. The van der Waals surface area contributed by atoms with Crippen molar-refractivity contribution in [2.75, 3.05) is 0 Å². The molecular formula is C21H18FN5OS. The van der Waals surface area contributed by atoms with E-state index in [0.717, 1.165) is 27.4 Å². The monoisotopic (exact) mass is 407 g/mol. The average molecular weight is 407 g/mol. The highest BCUT2D eigenvalue weighted by molar-refractivity contribution is 7.13. The van der Waals surface area contributed by atoms with Crippen molar-refractivity contribution in [2.24, 2.45) is 0 Å². The summed E-state index contributed by atoms with van der Waals surface area (Å²) in [5, 5.41) is 12.9. The number of thiazole rings is 1. The predicted molar refractivity (Wildman–Crippen MR) is 110 cm³/mol. The van der Waals surface area contributed by atoms with E-state index >= 15 is 0 Å². The molecule has 0 radical (unpaired) electrons. The number of aromatic nitrogens is 4. The number of rotatable bonds is 6. The number of halogens is 1. The number of carbonyl (C=O) groups excluding carboxylic acids is 1. The summed E-state index contributed by atoms with van der Waals surface area (Å²) in [5.74, 6) is -0.398. The fourth-order valence-corrected chi connectivity index (χ4v) is 3.86. The van der Waals surface area contributed by atoms with Gasteiger partial charge in [0.2, 0.25) is 5.91 Å². The first-order chi connectivity index (χ1) is 14.1. The summed E-state index contributed by atoms with van der Waals surface area (Å²) in [6.07, 6.45) is 3.61. The van der Waals surface area contributed by atoms with Gasteiger partial charge in [-0.25, -0.2) is 9.37 Å². The maximum absolute atomic E-state index is 13.2. The van der Waals surface area contributed by atoms with Crippen LogP contribution < -0.4 is 5.32 Å². The van der Waals surface area contributed by atoms with E-state index in [2.05, 4.69) is 25.5 Å². The molecule has 4 rings (SSSR count). The SMILES string of the molecule is Cc1[nH]nc(-c2ccc(F)cc2)c1-c1nc(CC(=O)NCc2cccnc2)cs1. The van der Waals surface area contributed by atoms with Gasteiger partial charge < -0.3 is 5.32 Å². The highest BCUT2D eigenvalue weighted by Gasteiger charge is 2.18. The molecule has 0 fully saturated rings. The van der Waals surface area contributed by atoms with Gasteiger partial charge in [-0.2, -0.15) is 5.10 Å².